The summed E-state index contributed by atoms with van der Waals surface area (Å²) >= 11 is 0. The Morgan fingerprint density at radius 3 is 2.22 bits per heavy atom. The van der Waals surface area contributed by atoms with E-state index in [1.807, 2.05) is 0 Å². The van der Waals surface area contributed by atoms with Crippen LogP contribution in [0.15, 0.2) is 30.3 Å². The Labute approximate surface area is 114 Å². The second-order valence-electron chi connectivity index (χ2n) is 5.86. The molecule has 0 aromatic heterocycles. The number of benzene rings is 1. The van der Waals surface area contributed by atoms with Crippen LogP contribution >= 0.6 is 0 Å². The first-order valence-corrected chi connectivity index (χ1v) is 7.79. The van der Waals surface area contributed by atoms with E-state index in [4.69, 9.17) is 0 Å². The Kier molecular flexibility index (Phi) is 7.80. The van der Waals surface area contributed by atoms with E-state index < -0.39 is 0 Å². The average Bonchev–Trinajstić information content (AvgIpc) is 2.39. The van der Waals surface area contributed by atoms with Crippen LogP contribution < -0.4 is 0 Å². The summed E-state index contributed by atoms with van der Waals surface area (Å²) in [5, 5.41) is 0. The highest BCUT2D eigenvalue weighted by molar-refractivity contribution is 5.18. The number of hydrogen-bond acceptors (Lipinski definition) is 0. The minimum Gasteiger partial charge on any atom is -0.0654 e. The van der Waals surface area contributed by atoms with Crippen molar-refractivity contribution in [2.24, 2.45) is 5.92 Å². The molecule has 1 rings (SSSR count). The Hall–Kier alpha value is -0.780. The number of unbranched alkanes of at least 4 members (excludes halogenated alkanes) is 4. The SMILES string of the molecule is CCCCCCCC(C)CC(C)c1ccccc1. The Balaban J connectivity index is 2.17. The maximum absolute atomic E-state index is 2.42. The molecule has 0 aliphatic rings. The van der Waals surface area contributed by atoms with E-state index in [1.54, 1.807) is 0 Å². The summed E-state index contributed by atoms with van der Waals surface area (Å²) in [6.45, 7) is 7.06. The van der Waals surface area contributed by atoms with Crippen molar-refractivity contribution in [3.8, 4) is 0 Å². The molecule has 0 nitrogen and oxygen atoms in total. The van der Waals surface area contributed by atoms with Gasteiger partial charge in [0, 0.05) is 0 Å². The lowest BCUT2D eigenvalue weighted by atomic mass is 9.88. The van der Waals surface area contributed by atoms with E-state index in [9.17, 15) is 0 Å². The molecule has 102 valence electrons. The topological polar surface area (TPSA) is 0 Å². The van der Waals surface area contributed by atoms with Gasteiger partial charge in [-0.1, -0.05) is 89.6 Å². The van der Waals surface area contributed by atoms with Gasteiger partial charge >= 0.3 is 0 Å². The highest BCUT2D eigenvalue weighted by Crippen LogP contribution is 2.25. The van der Waals surface area contributed by atoms with Crippen molar-refractivity contribution in [1.82, 2.24) is 0 Å². The van der Waals surface area contributed by atoms with Gasteiger partial charge in [-0.15, -0.1) is 0 Å². The van der Waals surface area contributed by atoms with Crippen LogP contribution in [-0.2, 0) is 0 Å². The summed E-state index contributed by atoms with van der Waals surface area (Å²) in [7, 11) is 0. The van der Waals surface area contributed by atoms with E-state index in [2.05, 4.69) is 51.1 Å². The van der Waals surface area contributed by atoms with Gasteiger partial charge in [0.05, 0.1) is 0 Å². The molecule has 2 unspecified atom stereocenters. The summed E-state index contributed by atoms with van der Waals surface area (Å²) in [6.07, 6.45) is 9.77. The fourth-order valence-electron chi connectivity index (χ4n) is 2.74. The van der Waals surface area contributed by atoms with Crippen molar-refractivity contribution in [1.29, 1.82) is 0 Å². The highest BCUT2D eigenvalue weighted by atomic mass is 14.2. The standard InChI is InChI=1S/C18H30/c1-4-5-6-7-9-12-16(2)15-17(3)18-13-10-8-11-14-18/h8,10-11,13-14,16-17H,4-7,9,12,15H2,1-3H3. The third kappa shape index (κ3) is 6.23. The molecule has 0 aliphatic carbocycles. The predicted octanol–water partition coefficient (Wildman–Crippen LogP) is 6.18. The fraction of sp³-hybridized carbons (Fsp3) is 0.667. The van der Waals surface area contributed by atoms with Gasteiger partial charge in [0.15, 0.2) is 0 Å². The smallest absolute Gasteiger partial charge is 0.0188 e. The quantitative estimate of drug-likeness (QED) is 0.457. The molecule has 0 saturated heterocycles. The van der Waals surface area contributed by atoms with Crippen molar-refractivity contribution in [3.05, 3.63) is 35.9 Å². The fourth-order valence-corrected chi connectivity index (χ4v) is 2.74. The van der Waals surface area contributed by atoms with Crippen LogP contribution in [0.3, 0.4) is 0 Å². The van der Waals surface area contributed by atoms with Crippen LogP contribution in [-0.4, -0.2) is 0 Å². The summed E-state index contributed by atoms with van der Waals surface area (Å²) in [5.74, 6) is 1.57. The first-order valence-electron chi connectivity index (χ1n) is 7.79. The van der Waals surface area contributed by atoms with Crippen LogP contribution in [0.4, 0.5) is 0 Å². The van der Waals surface area contributed by atoms with Gasteiger partial charge in [-0.3, -0.25) is 0 Å². The first-order chi connectivity index (χ1) is 8.74. The molecule has 0 heterocycles. The van der Waals surface area contributed by atoms with Crippen molar-refractivity contribution in [2.75, 3.05) is 0 Å². The zero-order chi connectivity index (χ0) is 13.2. The number of rotatable bonds is 9. The van der Waals surface area contributed by atoms with E-state index >= 15 is 0 Å². The third-order valence-electron chi connectivity index (χ3n) is 3.93. The molecular weight excluding hydrogens is 216 g/mol. The second kappa shape index (κ2) is 9.19. The van der Waals surface area contributed by atoms with E-state index in [1.165, 1.54) is 50.5 Å². The molecule has 1 aromatic carbocycles. The average molecular weight is 246 g/mol. The Bertz CT molecular complexity index is 288. The summed E-state index contributed by atoms with van der Waals surface area (Å²) in [6, 6.07) is 10.9. The van der Waals surface area contributed by atoms with E-state index in [-0.39, 0.29) is 0 Å². The minimum absolute atomic E-state index is 0.705. The van der Waals surface area contributed by atoms with Crippen molar-refractivity contribution in [3.63, 3.8) is 0 Å². The van der Waals surface area contributed by atoms with Gasteiger partial charge in [-0.25, -0.2) is 0 Å². The molecule has 0 bridgehead atoms. The predicted molar refractivity (Wildman–Crippen MR) is 82.0 cm³/mol. The second-order valence-corrected chi connectivity index (χ2v) is 5.86. The van der Waals surface area contributed by atoms with Gasteiger partial charge in [-0.05, 0) is 23.8 Å². The van der Waals surface area contributed by atoms with Crippen molar-refractivity contribution >= 4 is 0 Å². The van der Waals surface area contributed by atoms with Gasteiger partial charge in [0.2, 0.25) is 0 Å². The van der Waals surface area contributed by atoms with Gasteiger partial charge in [-0.2, -0.15) is 0 Å². The van der Waals surface area contributed by atoms with Gasteiger partial charge in [0.1, 0.15) is 0 Å². The maximum Gasteiger partial charge on any atom is -0.0188 e. The zero-order valence-electron chi connectivity index (χ0n) is 12.5. The molecule has 0 spiro atoms. The normalized spacial score (nSPS) is 14.4. The molecule has 0 aliphatic heterocycles. The van der Waals surface area contributed by atoms with Crippen LogP contribution in [0.1, 0.15) is 77.2 Å². The Morgan fingerprint density at radius 2 is 1.56 bits per heavy atom. The van der Waals surface area contributed by atoms with Crippen LogP contribution in [0.5, 0.6) is 0 Å². The Morgan fingerprint density at radius 1 is 0.889 bits per heavy atom. The molecule has 18 heavy (non-hydrogen) atoms. The highest BCUT2D eigenvalue weighted by Gasteiger charge is 2.10. The van der Waals surface area contributed by atoms with Gasteiger partial charge < -0.3 is 0 Å². The zero-order valence-corrected chi connectivity index (χ0v) is 12.5. The van der Waals surface area contributed by atoms with E-state index in [0.717, 1.165) is 5.92 Å². The molecule has 0 radical (unpaired) electrons. The minimum atomic E-state index is 0.705. The van der Waals surface area contributed by atoms with Crippen LogP contribution in [0, 0.1) is 5.92 Å². The molecule has 0 heteroatoms. The largest absolute Gasteiger partial charge is 0.0654 e. The summed E-state index contributed by atoms with van der Waals surface area (Å²) < 4.78 is 0. The number of hydrogen-bond donors (Lipinski definition) is 0. The maximum atomic E-state index is 2.42. The molecule has 2 atom stereocenters. The van der Waals surface area contributed by atoms with Crippen LogP contribution in [0.2, 0.25) is 0 Å². The first kappa shape index (κ1) is 15.3. The lowest BCUT2D eigenvalue weighted by molar-refractivity contribution is 0.429. The lowest BCUT2D eigenvalue weighted by Crippen LogP contribution is -2.02. The van der Waals surface area contributed by atoms with Crippen LogP contribution in [0.25, 0.3) is 0 Å². The van der Waals surface area contributed by atoms with E-state index in [0.29, 0.717) is 5.92 Å². The van der Waals surface area contributed by atoms with Crippen molar-refractivity contribution < 1.29 is 0 Å². The molecule has 0 fully saturated rings. The molecule has 0 amide bonds. The molecule has 0 N–H and O–H groups in total. The summed E-state index contributed by atoms with van der Waals surface area (Å²) in [5.41, 5.74) is 1.50. The third-order valence-corrected chi connectivity index (χ3v) is 3.93. The molecule has 1 aromatic rings. The molecule has 0 saturated carbocycles. The lowest BCUT2D eigenvalue weighted by Gasteiger charge is -2.17. The van der Waals surface area contributed by atoms with Gasteiger partial charge in [0.25, 0.3) is 0 Å². The summed E-state index contributed by atoms with van der Waals surface area (Å²) in [4.78, 5) is 0. The van der Waals surface area contributed by atoms with Crippen molar-refractivity contribution in [2.45, 2.75) is 71.6 Å². The monoisotopic (exact) mass is 246 g/mol. The molecular formula is C18H30.